The van der Waals surface area contributed by atoms with Crippen LogP contribution >= 0.6 is 0 Å². The van der Waals surface area contributed by atoms with Crippen molar-refractivity contribution in [1.82, 2.24) is 0 Å². The Hall–Kier alpha value is -2.36. The van der Waals surface area contributed by atoms with Gasteiger partial charge in [-0.3, -0.25) is 4.79 Å². The van der Waals surface area contributed by atoms with Crippen LogP contribution in [-0.2, 0) is 4.79 Å². The molecule has 0 aliphatic rings. The van der Waals surface area contributed by atoms with Crippen LogP contribution in [0.15, 0.2) is 54.7 Å². The summed E-state index contributed by atoms with van der Waals surface area (Å²) in [5.41, 5.74) is 0.807. The summed E-state index contributed by atoms with van der Waals surface area (Å²) in [5.74, 6) is -1.97. The molecule has 2 rings (SSSR count). The van der Waals surface area contributed by atoms with Crippen molar-refractivity contribution < 1.29 is 14.6 Å². The van der Waals surface area contributed by atoms with Crippen LogP contribution in [-0.4, -0.2) is 11.1 Å². The van der Waals surface area contributed by atoms with Crippen LogP contribution in [0.1, 0.15) is 17.2 Å². The van der Waals surface area contributed by atoms with Crippen molar-refractivity contribution in [3.05, 3.63) is 71.2 Å². The lowest BCUT2D eigenvalue weighted by atomic mass is 9.95. The number of nitrogens with zero attached hydrogens (tertiary/aromatic N) is 1. The normalized spacial score (nSPS) is 12.0. The summed E-state index contributed by atoms with van der Waals surface area (Å²) in [6, 6.07) is 13.5. The van der Waals surface area contributed by atoms with Crippen LogP contribution in [0.4, 0.5) is 0 Å². The number of benzene rings is 1. The monoisotopic (exact) mass is 229 g/mol. The summed E-state index contributed by atoms with van der Waals surface area (Å²) >= 11 is 0. The SMILES string of the molecule is O=C(O)C(c1ccccc1)c1cccc[n+]1[O-]. The first-order valence-corrected chi connectivity index (χ1v) is 5.16. The number of carboxylic acid groups (broad SMARTS) is 1. The van der Waals surface area contributed by atoms with E-state index < -0.39 is 11.9 Å². The molecule has 4 heteroatoms. The van der Waals surface area contributed by atoms with Gasteiger partial charge < -0.3 is 10.3 Å². The van der Waals surface area contributed by atoms with Gasteiger partial charge in [0.05, 0.1) is 0 Å². The number of aliphatic carboxylic acids is 1. The predicted molar refractivity (Wildman–Crippen MR) is 61.3 cm³/mol. The molecule has 1 heterocycles. The number of carbonyl (C=O) groups is 1. The Morgan fingerprint density at radius 2 is 1.76 bits per heavy atom. The molecule has 4 nitrogen and oxygen atoms in total. The summed E-state index contributed by atoms with van der Waals surface area (Å²) in [6.07, 6.45) is 1.30. The fraction of sp³-hybridized carbons (Fsp3) is 0.0769. The highest BCUT2D eigenvalue weighted by Crippen LogP contribution is 2.21. The molecule has 0 radical (unpaired) electrons. The van der Waals surface area contributed by atoms with E-state index in [4.69, 9.17) is 0 Å². The molecule has 86 valence electrons. The van der Waals surface area contributed by atoms with Crippen LogP contribution in [0.5, 0.6) is 0 Å². The molecule has 1 atom stereocenters. The zero-order chi connectivity index (χ0) is 12.3. The molecule has 0 saturated carbocycles. The van der Waals surface area contributed by atoms with Gasteiger partial charge in [0.15, 0.2) is 12.1 Å². The van der Waals surface area contributed by atoms with Gasteiger partial charge in [0.25, 0.3) is 0 Å². The van der Waals surface area contributed by atoms with Gasteiger partial charge in [-0.1, -0.05) is 30.3 Å². The number of pyridine rings is 1. The van der Waals surface area contributed by atoms with Crippen molar-refractivity contribution >= 4 is 5.97 Å². The molecule has 1 unspecified atom stereocenters. The van der Waals surface area contributed by atoms with E-state index in [-0.39, 0.29) is 5.69 Å². The van der Waals surface area contributed by atoms with Gasteiger partial charge in [-0.2, -0.15) is 4.73 Å². The molecule has 1 aromatic carbocycles. The van der Waals surface area contributed by atoms with E-state index in [1.54, 1.807) is 42.5 Å². The Kier molecular flexibility index (Phi) is 3.05. The van der Waals surface area contributed by atoms with Gasteiger partial charge in [0.1, 0.15) is 0 Å². The lowest BCUT2D eigenvalue weighted by Crippen LogP contribution is -2.35. The second-order valence-corrected chi connectivity index (χ2v) is 3.63. The molecular formula is C13H11NO3. The number of hydrogen-bond acceptors (Lipinski definition) is 2. The zero-order valence-electron chi connectivity index (χ0n) is 8.98. The standard InChI is InChI=1S/C13H11NO3/c15-13(16)12(10-6-2-1-3-7-10)11-8-4-5-9-14(11)17/h1-9,12H,(H,15,16). The molecule has 0 amide bonds. The van der Waals surface area contributed by atoms with E-state index in [1.807, 2.05) is 0 Å². The highest BCUT2D eigenvalue weighted by atomic mass is 16.5. The maximum absolute atomic E-state index is 11.6. The van der Waals surface area contributed by atoms with E-state index in [2.05, 4.69) is 0 Å². The third-order valence-electron chi connectivity index (χ3n) is 2.53. The summed E-state index contributed by atoms with van der Waals surface area (Å²) in [5, 5.41) is 20.8. The fourth-order valence-electron chi connectivity index (χ4n) is 1.75. The van der Waals surface area contributed by atoms with E-state index in [1.165, 1.54) is 12.3 Å². The minimum atomic E-state index is -1.04. The van der Waals surface area contributed by atoms with Gasteiger partial charge in [-0.25, -0.2) is 0 Å². The summed E-state index contributed by atoms with van der Waals surface area (Å²) in [6.45, 7) is 0. The Morgan fingerprint density at radius 3 is 2.35 bits per heavy atom. The van der Waals surface area contributed by atoms with Crippen LogP contribution in [0.2, 0.25) is 0 Å². The highest BCUT2D eigenvalue weighted by Gasteiger charge is 2.28. The van der Waals surface area contributed by atoms with Gasteiger partial charge >= 0.3 is 5.97 Å². The minimum Gasteiger partial charge on any atom is -0.618 e. The number of rotatable bonds is 3. The molecule has 0 bridgehead atoms. The van der Waals surface area contributed by atoms with Gasteiger partial charge in [-0.15, -0.1) is 0 Å². The molecule has 0 saturated heterocycles. The average Bonchev–Trinajstić information content (AvgIpc) is 2.33. The van der Waals surface area contributed by atoms with Crippen molar-refractivity contribution in [2.24, 2.45) is 0 Å². The molecule has 17 heavy (non-hydrogen) atoms. The largest absolute Gasteiger partial charge is 0.618 e. The second-order valence-electron chi connectivity index (χ2n) is 3.63. The maximum Gasteiger partial charge on any atom is 0.321 e. The molecule has 0 fully saturated rings. The van der Waals surface area contributed by atoms with Crippen molar-refractivity contribution in [2.75, 3.05) is 0 Å². The smallest absolute Gasteiger partial charge is 0.321 e. The Labute approximate surface area is 98.4 Å². The maximum atomic E-state index is 11.6. The Bertz CT molecular complexity index is 525. The number of carboxylic acids is 1. The van der Waals surface area contributed by atoms with Crippen LogP contribution in [0, 0.1) is 5.21 Å². The fourth-order valence-corrected chi connectivity index (χ4v) is 1.75. The molecule has 1 N–H and O–H groups in total. The zero-order valence-corrected chi connectivity index (χ0v) is 8.98. The molecule has 0 aliphatic heterocycles. The first kappa shape index (κ1) is 11.1. The third kappa shape index (κ3) is 2.25. The van der Waals surface area contributed by atoms with Crippen LogP contribution < -0.4 is 4.73 Å². The molecule has 0 aliphatic carbocycles. The summed E-state index contributed by atoms with van der Waals surface area (Å²) < 4.78 is 0.589. The molecule has 1 aromatic heterocycles. The Morgan fingerprint density at radius 1 is 1.12 bits per heavy atom. The van der Waals surface area contributed by atoms with Crippen LogP contribution in [0.25, 0.3) is 0 Å². The summed E-state index contributed by atoms with van der Waals surface area (Å²) in [4.78, 5) is 11.3. The van der Waals surface area contributed by atoms with E-state index in [9.17, 15) is 15.1 Å². The number of aromatic nitrogens is 1. The topological polar surface area (TPSA) is 64.2 Å². The second kappa shape index (κ2) is 4.65. The summed E-state index contributed by atoms with van der Waals surface area (Å²) in [7, 11) is 0. The first-order chi connectivity index (χ1) is 8.20. The minimum absolute atomic E-state index is 0.214. The quantitative estimate of drug-likeness (QED) is 0.641. The first-order valence-electron chi connectivity index (χ1n) is 5.16. The van der Waals surface area contributed by atoms with Crippen molar-refractivity contribution in [3.63, 3.8) is 0 Å². The van der Waals surface area contributed by atoms with Gasteiger partial charge in [0.2, 0.25) is 5.69 Å². The van der Waals surface area contributed by atoms with E-state index >= 15 is 0 Å². The highest BCUT2D eigenvalue weighted by molar-refractivity contribution is 5.79. The van der Waals surface area contributed by atoms with E-state index in [0.29, 0.717) is 10.3 Å². The number of hydrogen-bond donors (Lipinski definition) is 1. The molecule has 0 spiro atoms. The third-order valence-corrected chi connectivity index (χ3v) is 2.53. The van der Waals surface area contributed by atoms with Crippen molar-refractivity contribution in [1.29, 1.82) is 0 Å². The lowest BCUT2D eigenvalue weighted by Gasteiger charge is -2.12. The van der Waals surface area contributed by atoms with Crippen molar-refractivity contribution in [3.8, 4) is 0 Å². The van der Waals surface area contributed by atoms with Crippen LogP contribution in [0.3, 0.4) is 0 Å². The molecule has 2 aromatic rings. The average molecular weight is 229 g/mol. The Balaban J connectivity index is 2.51. The lowest BCUT2D eigenvalue weighted by molar-refractivity contribution is -0.614. The van der Waals surface area contributed by atoms with Crippen molar-refractivity contribution in [2.45, 2.75) is 5.92 Å². The van der Waals surface area contributed by atoms with Gasteiger partial charge in [-0.05, 0) is 11.6 Å². The van der Waals surface area contributed by atoms with Gasteiger partial charge in [0, 0.05) is 12.1 Å². The predicted octanol–water partition coefficient (Wildman–Crippen LogP) is 1.54. The van der Waals surface area contributed by atoms with E-state index in [0.717, 1.165) is 0 Å². The molecular weight excluding hydrogens is 218 g/mol.